The van der Waals surface area contributed by atoms with Crippen LogP contribution in [0.25, 0.3) is 0 Å². The number of nitrogens with zero attached hydrogens (tertiary/aromatic N) is 1. The van der Waals surface area contributed by atoms with E-state index in [2.05, 4.69) is 12.1 Å². The highest BCUT2D eigenvalue weighted by Gasteiger charge is 2.59. The van der Waals surface area contributed by atoms with Gasteiger partial charge in [0.25, 0.3) is 5.91 Å². The molecule has 26 heavy (non-hydrogen) atoms. The Labute approximate surface area is 159 Å². The van der Waals surface area contributed by atoms with Crippen LogP contribution in [0.1, 0.15) is 60.9 Å². The van der Waals surface area contributed by atoms with Crippen LogP contribution in [0.5, 0.6) is 0 Å². The molecule has 3 fully saturated rings. The van der Waals surface area contributed by atoms with Crippen molar-refractivity contribution in [3.05, 3.63) is 29.3 Å². The smallest absolute Gasteiger partial charge is 0.307 e. The van der Waals surface area contributed by atoms with Crippen LogP contribution in [0.4, 0.5) is 0 Å². The molecule has 1 aromatic rings. The quantitative estimate of drug-likeness (QED) is 0.852. The third kappa shape index (κ3) is 3.38. The zero-order valence-corrected chi connectivity index (χ0v) is 16.2. The second-order valence-corrected chi connectivity index (χ2v) is 9.62. The van der Waals surface area contributed by atoms with E-state index in [0.717, 1.165) is 35.3 Å². The van der Waals surface area contributed by atoms with Crippen molar-refractivity contribution in [2.45, 2.75) is 62.0 Å². The number of carboxylic acids is 1. The highest BCUT2D eigenvalue weighted by atomic mass is 32.2. The van der Waals surface area contributed by atoms with Gasteiger partial charge in [0.05, 0.1) is 11.5 Å². The molecule has 0 radical (unpaired) electrons. The Morgan fingerprint density at radius 2 is 1.88 bits per heavy atom. The first-order valence-electron chi connectivity index (χ1n) is 9.78. The molecule has 1 spiro atoms. The number of carboxylic acid groups (broad SMARTS) is 1. The molecule has 2 aliphatic carbocycles. The van der Waals surface area contributed by atoms with Crippen LogP contribution < -0.4 is 0 Å². The summed E-state index contributed by atoms with van der Waals surface area (Å²) in [5.41, 5.74) is 1.92. The van der Waals surface area contributed by atoms with Crippen LogP contribution in [0, 0.1) is 18.3 Å². The van der Waals surface area contributed by atoms with Crippen molar-refractivity contribution in [2.24, 2.45) is 11.3 Å². The van der Waals surface area contributed by atoms with E-state index >= 15 is 0 Å². The molecule has 0 aromatic heterocycles. The molecule has 4 nitrogen and oxygen atoms in total. The Bertz CT molecular complexity index is 718. The minimum Gasteiger partial charge on any atom is -0.481 e. The number of hydrogen-bond acceptors (Lipinski definition) is 3. The third-order valence-corrected chi connectivity index (χ3v) is 7.91. The van der Waals surface area contributed by atoms with Gasteiger partial charge in [-0.25, -0.2) is 0 Å². The minimum atomic E-state index is -0.668. The maximum Gasteiger partial charge on any atom is 0.307 e. The van der Waals surface area contributed by atoms with Crippen molar-refractivity contribution >= 4 is 23.6 Å². The Kier molecular flexibility index (Phi) is 4.76. The second kappa shape index (κ2) is 6.91. The highest BCUT2D eigenvalue weighted by molar-refractivity contribution is 8.00. The first kappa shape index (κ1) is 17.9. The molecule has 3 aliphatic rings. The maximum absolute atomic E-state index is 13.2. The Morgan fingerprint density at radius 3 is 2.50 bits per heavy atom. The van der Waals surface area contributed by atoms with Crippen LogP contribution >= 0.6 is 11.8 Å². The van der Waals surface area contributed by atoms with E-state index < -0.39 is 5.97 Å². The number of aliphatic carboxylic acids is 1. The monoisotopic (exact) mass is 373 g/mol. The van der Waals surface area contributed by atoms with Crippen LogP contribution in [-0.2, 0) is 4.79 Å². The molecule has 1 amide bonds. The zero-order valence-electron chi connectivity index (χ0n) is 15.4. The lowest BCUT2D eigenvalue weighted by atomic mass is 9.90. The number of hydrogen-bond donors (Lipinski definition) is 1. The molecular formula is C21H27NO3S. The predicted octanol–water partition coefficient (Wildman–Crippen LogP) is 4.36. The number of aryl methyl sites for hydroxylation is 1. The fourth-order valence-electron chi connectivity index (χ4n) is 4.67. The number of amides is 1. The van der Waals surface area contributed by atoms with E-state index in [1.54, 1.807) is 0 Å². The molecule has 1 atom stereocenters. The molecule has 1 saturated heterocycles. The molecule has 2 saturated carbocycles. The number of thioether (sulfide) groups is 1. The van der Waals surface area contributed by atoms with Crippen LogP contribution in [0.2, 0.25) is 0 Å². The predicted molar refractivity (Wildman–Crippen MR) is 103 cm³/mol. The van der Waals surface area contributed by atoms with Gasteiger partial charge in [0.15, 0.2) is 0 Å². The van der Waals surface area contributed by atoms with E-state index in [0.29, 0.717) is 18.3 Å². The lowest BCUT2D eigenvalue weighted by molar-refractivity contribution is -0.139. The number of likely N-dealkylation sites (tertiary alicyclic amines) is 1. The molecule has 4 rings (SSSR count). The van der Waals surface area contributed by atoms with E-state index in [1.807, 2.05) is 29.7 Å². The van der Waals surface area contributed by atoms with E-state index in [4.69, 9.17) is 0 Å². The maximum atomic E-state index is 13.2. The van der Waals surface area contributed by atoms with Crippen molar-refractivity contribution in [3.63, 3.8) is 0 Å². The molecule has 140 valence electrons. The zero-order chi connectivity index (χ0) is 18.3. The molecule has 1 N–H and O–H groups in total. The summed E-state index contributed by atoms with van der Waals surface area (Å²) in [4.78, 5) is 27.5. The lowest BCUT2D eigenvalue weighted by Crippen LogP contribution is -2.40. The van der Waals surface area contributed by atoms with Crippen LogP contribution in [0.3, 0.4) is 0 Å². The summed E-state index contributed by atoms with van der Waals surface area (Å²) in [6, 6.07) is 6.24. The molecule has 1 aliphatic heterocycles. The van der Waals surface area contributed by atoms with Crippen molar-refractivity contribution < 1.29 is 14.7 Å². The summed E-state index contributed by atoms with van der Waals surface area (Å²) in [5, 5.41) is 9.88. The SMILES string of the molecule is Cc1ccc(SC2CCCC2)c(C(=O)N2CCC3(CC2)CC3C(=O)O)c1. The summed E-state index contributed by atoms with van der Waals surface area (Å²) in [6.07, 6.45) is 7.53. The molecular weight excluding hydrogens is 346 g/mol. The largest absolute Gasteiger partial charge is 0.481 e. The van der Waals surface area contributed by atoms with E-state index in [1.165, 1.54) is 25.7 Å². The van der Waals surface area contributed by atoms with Crippen LogP contribution in [0.15, 0.2) is 23.1 Å². The number of carbonyl (C=O) groups excluding carboxylic acids is 1. The van der Waals surface area contributed by atoms with Crippen molar-refractivity contribution in [2.75, 3.05) is 13.1 Å². The number of carbonyl (C=O) groups is 2. The fourth-order valence-corrected chi connectivity index (χ4v) is 6.02. The average molecular weight is 374 g/mol. The second-order valence-electron chi connectivity index (χ2n) is 8.27. The summed E-state index contributed by atoms with van der Waals surface area (Å²) in [6.45, 7) is 3.40. The molecule has 1 heterocycles. The lowest BCUT2D eigenvalue weighted by Gasteiger charge is -2.33. The molecule has 1 aromatic carbocycles. The van der Waals surface area contributed by atoms with Gasteiger partial charge in [0.1, 0.15) is 0 Å². The van der Waals surface area contributed by atoms with Gasteiger partial charge in [-0.05, 0) is 56.6 Å². The van der Waals surface area contributed by atoms with E-state index in [-0.39, 0.29) is 17.2 Å². The van der Waals surface area contributed by atoms with Gasteiger partial charge in [-0.2, -0.15) is 0 Å². The highest BCUT2D eigenvalue weighted by Crippen LogP contribution is 2.59. The van der Waals surface area contributed by atoms with Gasteiger partial charge < -0.3 is 10.0 Å². The summed E-state index contributed by atoms with van der Waals surface area (Å²) < 4.78 is 0. The van der Waals surface area contributed by atoms with Gasteiger partial charge in [0.2, 0.25) is 0 Å². The normalized spacial score (nSPS) is 24.8. The van der Waals surface area contributed by atoms with Crippen molar-refractivity contribution in [3.8, 4) is 0 Å². The first-order valence-corrected chi connectivity index (χ1v) is 10.7. The molecule has 5 heteroatoms. The number of piperidine rings is 1. The molecule has 0 bridgehead atoms. The van der Waals surface area contributed by atoms with E-state index in [9.17, 15) is 14.7 Å². The minimum absolute atomic E-state index is 0.0311. The fraction of sp³-hybridized carbons (Fsp3) is 0.619. The van der Waals surface area contributed by atoms with Gasteiger partial charge in [0, 0.05) is 23.2 Å². The number of benzene rings is 1. The summed E-state index contributed by atoms with van der Waals surface area (Å²) in [5.74, 6) is -0.734. The van der Waals surface area contributed by atoms with Gasteiger partial charge >= 0.3 is 5.97 Å². The third-order valence-electron chi connectivity index (χ3n) is 6.50. The van der Waals surface area contributed by atoms with Crippen molar-refractivity contribution in [1.29, 1.82) is 0 Å². The van der Waals surface area contributed by atoms with Crippen molar-refractivity contribution in [1.82, 2.24) is 4.90 Å². The standard InChI is InChI=1S/C21H27NO3S/c1-14-6-7-18(26-15-4-2-3-5-15)16(12-14)19(23)22-10-8-21(9-11-22)13-17(21)20(24)25/h6-7,12,15,17H,2-5,8-11,13H2,1H3,(H,24,25). The topological polar surface area (TPSA) is 57.6 Å². The van der Waals surface area contributed by atoms with Gasteiger partial charge in [-0.1, -0.05) is 24.5 Å². The molecule has 1 unspecified atom stereocenters. The average Bonchev–Trinajstić information content (AvgIpc) is 3.08. The van der Waals surface area contributed by atoms with Crippen LogP contribution in [-0.4, -0.2) is 40.2 Å². The summed E-state index contributed by atoms with van der Waals surface area (Å²) >= 11 is 1.87. The number of rotatable bonds is 4. The first-order chi connectivity index (χ1) is 12.5. The Morgan fingerprint density at radius 1 is 1.19 bits per heavy atom. The Hall–Kier alpha value is -1.49. The summed E-state index contributed by atoms with van der Waals surface area (Å²) in [7, 11) is 0. The Balaban J connectivity index is 1.46. The van der Waals surface area contributed by atoms with Gasteiger partial charge in [-0.3, -0.25) is 9.59 Å². The van der Waals surface area contributed by atoms with Gasteiger partial charge in [-0.15, -0.1) is 11.8 Å².